The summed E-state index contributed by atoms with van der Waals surface area (Å²) in [4.78, 5) is 24.7. The molecule has 1 aromatic carbocycles. The smallest absolute Gasteiger partial charge is 0.449 e. The fourth-order valence-corrected chi connectivity index (χ4v) is 2.85. The summed E-state index contributed by atoms with van der Waals surface area (Å²) in [6.45, 7) is 0. The van der Waals surface area contributed by atoms with Crippen LogP contribution in [-0.4, -0.2) is 5.91 Å². The fourth-order valence-electron chi connectivity index (χ4n) is 2.15. The second-order valence-electron chi connectivity index (χ2n) is 4.99. The van der Waals surface area contributed by atoms with Gasteiger partial charge in [-0.25, -0.2) is 0 Å². The number of fused-ring (bicyclic) bond motifs is 1. The predicted octanol–water partition coefficient (Wildman–Crippen LogP) is 4.05. The van der Waals surface area contributed by atoms with Gasteiger partial charge < -0.3 is 9.73 Å². The van der Waals surface area contributed by atoms with Crippen molar-refractivity contribution < 1.29 is 22.4 Å². The number of amides is 1. The number of rotatable bonds is 3. The normalized spacial score (nSPS) is 11.6. The van der Waals surface area contributed by atoms with Crippen LogP contribution in [0.4, 0.5) is 18.9 Å². The molecule has 24 heavy (non-hydrogen) atoms. The van der Waals surface area contributed by atoms with Crippen LogP contribution in [0.15, 0.2) is 51.0 Å². The van der Waals surface area contributed by atoms with Crippen molar-refractivity contribution in [3.63, 3.8) is 0 Å². The van der Waals surface area contributed by atoms with Crippen molar-refractivity contribution in [3.05, 3.63) is 62.6 Å². The number of alkyl halides is 3. The molecule has 124 valence electrons. The number of hydrogen-bond acceptors (Lipinski definition) is 4. The third kappa shape index (κ3) is 3.48. The van der Waals surface area contributed by atoms with Crippen molar-refractivity contribution in [2.75, 3.05) is 5.32 Å². The molecule has 0 saturated heterocycles. The SMILES string of the molecule is O=C(Cc1cccs1)Nc1ccc2oc(C(F)(F)F)cc(=O)c2c1. The van der Waals surface area contributed by atoms with Crippen LogP contribution in [0.2, 0.25) is 0 Å². The van der Waals surface area contributed by atoms with E-state index in [0.717, 1.165) is 4.88 Å². The van der Waals surface area contributed by atoms with Gasteiger partial charge in [0.25, 0.3) is 0 Å². The van der Waals surface area contributed by atoms with Gasteiger partial charge in [-0.3, -0.25) is 9.59 Å². The highest BCUT2D eigenvalue weighted by molar-refractivity contribution is 7.10. The lowest BCUT2D eigenvalue weighted by Gasteiger charge is -2.08. The van der Waals surface area contributed by atoms with Crippen molar-refractivity contribution in [2.45, 2.75) is 12.6 Å². The molecule has 2 heterocycles. The summed E-state index contributed by atoms with van der Waals surface area (Å²) in [6.07, 6.45) is -4.56. The van der Waals surface area contributed by atoms with Crippen molar-refractivity contribution in [1.82, 2.24) is 0 Å². The molecule has 0 fully saturated rings. The Balaban J connectivity index is 1.87. The van der Waals surface area contributed by atoms with E-state index < -0.39 is 17.4 Å². The molecule has 0 aliphatic heterocycles. The Hall–Kier alpha value is -2.61. The van der Waals surface area contributed by atoms with E-state index in [2.05, 4.69) is 5.32 Å². The molecule has 2 aromatic heterocycles. The summed E-state index contributed by atoms with van der Waals surface area (Å²) < 4.78 is 42.6. The summed E-state index contributed by atoms with van der Waals surface area (Å²) in [6, 6.07) is 7.96. The lowest BCUT2D eigenvalue weighted by Crippen LogP contribution is -2.14. The number of benzene rings is 1. The number of nitrogens with one attached hydrogen (secondary N) is 1. The van der Waals surface area contributed by atoms with Crippen LogP contribution in [0.3, 0.4) is 0 Å². The van der Waals surface area contributed by atoms with E-state index in [4.69, 9.17) is 4.42 Å². The van der Waals surface area contributed by atoms with Crippen molar-refractivity contribution in [2.24, 2.45) is 0 Å². The first-order valence-electron chi connectivity index (χ1n) is 6.80. The molecule has 0 atom stereocenters. The first-order valence-corrected chi connectivity index (χ1v) is 7.68. The topological polar surface area (TPSA) is 59.3 Å². The van der Waals surface area contributed by atoms with Gasteiger partial charge in [-0.15, -0.1) is 11.3 Å². The van der Waals surface area contributed by atoms with E-state index in [9.17, 15) is 22.8 Å². The van der Waals surface area contributed by atoms with Crippen LogP contribution in [0.25, 0.3) is 11.0 Å². The van der Waals surface area contributed by atoms with Crippen LogP contribution in [0.5, 0.6) is 0 Å². The molecule has 1 amide bonds. The molecular weight excluding hydrogens is 343 g/mol. The number of carbonyl (C=O) groups is 1. The number of carbonyl (C=O) groups excluding carboxylic acids is 1. The Bertz CT molecular complexity index is 945. The van der Waals surface area contributed by atoms with Crippen LogP contribution in [-0.2, 0) is 17.4 Å². The minimum atomic E-state index is -4.74. The molecule has 0 unspecified atom stereocenters. The zero-order valence-corrected chi connectivity index (χ0v) is 12.8. The highest BCUT2D eigenvalue weighted by Crippen LogP contribution is 2.30. The Morgan fingerprint density at radius 1 is 1.21 bits per heavy atom. The summed E-state index contributed by atoms with van der Waals surface area (Å²) in [5, 5.41) is 4.43. The zero-order chi connectivity index (χ0) is 17.3. The minimum Gasteiger partial charge on any atom is -0.451 e. The third-order valence-corrected chi connectivity index (χ3v) is 4.08. The second kappa shape index (κ2) is 6.12. The zero-order valence-electron chi connectivity index (χ0n) is 12.0. The molecule has 0 aliphatic carbocycles. The Labute approximate surface area is 137 Å². The maximum atomic E-state index is 12.6. The molecule has 3 rings (SSSR count). The molecule has 4 nitrogen and oxygen atoms in total. The average molecular weight is 353 g/mol. The van der Waals surface area contributed by atoms with Gasteiger partial charge in [0.15, 0.2) is 5.43 Å². The summed E-state index contributed by atoms with van der Waals surface area (Å²) >= 11 is 1.44. The lowest BCUT2D eigenvalue weighted by atomic mass is 10.2. The highest BCUT2D eigenvalue weighted by Gasteiger charge is 2.34. The van der Waals surface area contributed by atoms with Gasteiger partial charge in [0.1, 0.15) is 5.58 Å². The largest absolute Gasteiger partial charge is 0.451 e. The van der Waals surface area contributed by atoms with Crippen LogP contribution in [0.1, 0.15) is 10.6 Å². The monoisotopic (exact) mass is 353 g/mol. The van der Waals surface area contributed by atoms with Crippen LogP contribution < -0.4 is 10.7 Å². The van der Waals surface area contributed by atoms with Gasteiger partial charge in [0.05, 0.1) is 11.8 Å². The molecule has 8 heteroatoms. The standard InChI is InChI=1S/C16H10F3NO3S/c17-16(18,19)14-8-12(21)11-6-9(3-4-13(11)23-14)20-15(22)7-10-2-1-5-24-10/h1-6,8H,7H2,(H,20,22). The first kappa shape index (κ1) is 16.3. The number of anilines is 1. The molecular formula is C16H10F3NO3S. The van der Waals surface area contributed by atoms with E-state index >= 15 is 0 Å². The van der Waals surface area contributed by atoms with E-state index in [1.165, 1.54) is 29.5 Å². The molecule has 0 bridgehead atoms. The number of hydrogen-bond donors (Lipinski definition) is 1. The van der Waals surface area contributed by atoms with Crippen molar-refractivity contribution in [3.8, 4) is 0 Å². The molecule has 0 aliphatic rings. The van der Waals surface area contributed by atoms with E-state index in [0.29, 0.717) is 11.8 Å². The molecule has 3 aromatic rings. The average Bonchev–Trinajstić information content (AvgIpc) is 2.99. The summed E-state index contributed by atoms with van der Waals surface area (Å²) in [5.74, 6) is -1.64. The summed E-state index contributed by atoms with van der Waals surface area (Å²) in [7, 11) is 0. The maximum Gasteiger partial charge on any atom is 0.449 e. The third-order valence-electron chi connectivity index (χ3n) is 3.21. The Kier molecular flexibility index (Phi) is 4.15. The number of halogens is 3. The molecule has 0 spiro atoms. The fraction of sp³-hybridized carbons (Fsp3) is 0.125. The maximum absolute atomic E-state index is 12.6. The molecule has 0 saturated carbocycles. The van der Waals surface area contributed by atoms with Gasteiger partial charge in [-0.05, 0) is 29.6 Å². The quantitative estimate of drug-likeness (QED) is 0.773. The second-order valence-corrected chi connectivity index (χ2v) is 6.02. The Morgan fingerprint density at radius 3 is 2.67 bits per heavy atom. The highest BCUT2D eigenvalue weighted by atomic mass is 32.1. The van der Waals surface area contributed by atoms with E-state index in [-0.39, 0.29) is 23.3 Å². The van der Waals surface area contributed by atoms with Gasteiger partial charge in [-0.2, -0.15) is 13.2 Å². The van der Waals surface area contributed by atoms with Gasteiger partial charge >= 0.3 is 6.18 Å². The van der Waals surface area contributed by atoms with Crippen molar-refractivity contribution >= 4 is 33.9 Å². The van der Waals surface area contributed by atoms with Crippen molar-refractivity contribution in [1.29, 1.82) is 0 Å². The Morgan fingerprint density at radius 2 is 2.00 bits per heavy atom. The minimum absolute atomic E-state index is 0.0306. The summed E-state index contributed by atoms with van der Waals surface area (Å²) in [5.41, 5.74) is -0.694. The van der Waals surface area contributed by atoms with Gasteiger partial charge in [0.2, 0.25) is 11.7 Å². The van der Waals surface area contributed by atoms with Gasteiger partial charge in [-0.1, -0.05) is 6.07 Å². The van der Waals surface area contributed by atoms with Crippen LogP contribution >= 0.6 is 11.3 Å². The van der Waals surface area contributed by atoms with Gasteiger partial charge in [0, 0.05) is 16.6 Å². The van der Waals surface area contributed by atoms with E-state index in [1.54, 1.807) is 0 Å². The predicted molar refractivity (Wildman–Crippen MR) is 84.1 cm³/mol. The number of thiophene rings is 1. The first-order chi connectivity index (χ1) is 11.3. The van der Waals surface area contributed by atoms with E-state index in [1.807, 2.05) is 17.5 Å². The lowest BCUT2D eigenvalue weighted by molar-refractivity contribution is -0.152. The van der Waals surface area contributed by atoms with Crippen LogP contribution in [0, 0.1) is 0 Å². The molecule has 0 radical (unpaired) electrons. The molecule has 1 N–H and O–H groups in total.